The minimum absolute atomic E-state index is 0.253. The molecule has 0 spiro atoms. The van der Waals surface area contributed by atoms with Gasteiger partial charge in [-0.3, -0.25) is 0 Å². The summed E-state index contributed by atoms with van der Waals surface area (Å²) in [5, 5.41) is 1.43. The number of hydrogen-bond donors (Lipinski definition) is 1. The molecule has 104 valence electrons. The fourth-order valence-corrected chi connectivity index (χ4v) is 3.48. The van der Waals surface area contributed by atoms with Gasteiger partial charge in [0.2, 0.25) is 0 Å². The van der Waals surface area contributed by atoms with E-state index in [4.69, 9.17) is 28.9 Å². The zero-order chi connectivity index (χ0) is 14.3. The summed E-state index contributed by atoms with van der Waals surface area (Å²) in [7, 11) is 2.10. The highest BCUT2D eigenvalue weighted by Crippen LogP contribution is 2.38. The molecular formula is C16H16Cl2N2. The van der Waals surface area contributed by atoms with Gasteiger partial charge in [-0.1, -0.05) is 35.3 Å². The maximum Gasteiger partial charge on any atom is 0.0468 e. The van der Waals surface area contributed by atoms with Crippen molar-refractivity contribution in [2.75, 3.05) is 19.3 Å². The summed E-state index contributed by atoms with van der Waals surface area (Å²) in [5.74, 6) is 0.253. The molecule has 2 aromatic rings. The molecule has 1 aliphatic rings. The van der Waals surface area contributed by atoms with Crippen LogP contribution in [0, 0.1) is 0 Å². The summed E-state index contributed by atoms with van der Waals surface area (Å²) in [6, 6.07) is 11.9. The fraction of sp³-hybridized carbons (Fsp3) is 0.250. The van der Waals surface area contributed by atoms with Crippen molar-refractivity contribution in [2.45, 2.75) is 12.5 Å². The number of nitrogens with zero attached hydrogens (tertiary/aromatic N) is 1. The van der Waals surface area contributed by atoms with Gasteiger partial charge in [-0.15, -0.1) is 0 Å². The highest BCUT2D eigenvalue weighted by atomic mass is 35.5. The maximum absolute atomic E-state index is 6.36. The van der Waals surface area contributed by atoms with E-state index in [0.29, 0.717) is 5.02 Å². The van der Waals surface area contributed by atoms with Crippen LogP contribution in [0.4, 0.5) is 5.69 Å². The van der Waals surface area contributed by atoms with Gasteiger partial charge in [-0.25, -0.2) is 0 Å². The lowest BCUT2D eigenvalue weighted by atomic mass is 9.84. The summed E-state index contributed by atoms with van der Waals surface area (Å²) in [5.41, 5.74) is 10.3. The van der Waals surface area contributed by atoms with Crippen LogP contribution in [0.2, 0.25) is 10.0 Å². The van der Waals surface area contributed by atoms with Crippen LogP contribution in [-0.4, -0.2) is 18.5 Å². The molecule has 20 heavy (non-hydrogen) atoms. The van der Waals surface area contributed by atoms with E-state index in [1.807, 2.05) is 30.3 Å². The van der Waals surface area contributed by atoms with Gasteiger partial charge in [0.05, 0.1) is 0 Å². The van der Waals surface area contributed by atoms with E-state index in [9.17, 15) is 0 Å². The van der Waals surface area contributed by atoms with Gasteiger partial charge < -0.3 is 10.6 Å². The Bertz CT molecular complexity index is 655. The third kappa shape index (κ3) is 2.51. The summed E-state index contributed by atoms with van der Waals surface area (Å²) in [6.07, 6.45) is 0. The van der Waals surface area contributed by atoms with E-state index in [-0.39, 0.29) is 5.92 Å². The molecule has 0 bridgehead atoms. The van der Waals surface area contributed by atoms with Gasteiger partial charge >= 0.3 is 0 Å². The molecule has 0 saturated heterocycles. The summed E-state index contributed by atoms with van der Waals surface area (Å²) < 4.78 is 0. The first-order valence-electron chi connectivity index (χ1n) is 6.56. The Morgan fingerprint density at radius 3 is 2.75 bits per heavy atom. The number of halogens is 2. The molecule has 4 heteroatoms. The number of fused-ring (bicyclic) bond motifs is 1. The van der Waals surface area contributed by atoms with Crippen LogP contribution < -0.4 is 5.73 Å². The second-order valence-corrected chi connectivity index (χ2v) is 6.22. The Kier molecular flexibility index (Phi) is 3.63. The number of rotatable bonds is 1. The lowest BCUT2D eigenvalue weighted by Crippen LogP contribution is -2.31. The summed E-state index contributed by atoms with van der Waals surface area (Å²) in [4.78, 5) is 2.27. The van der Waals surface area contributed by atoms with Crippen LogP contribution in [0.25, 0.3) is 0 Å². The van der Waals surface area contributed by atoms with Crippen molar-refractivity contribution in [3.63, 3.8) is 0 Å². The molecular weight excluding hydrogens is 291 g/mol. The first-order valence-corrected chi connectivity index (χ1v) is 7.32. The number of likely N-dealkylation sites (N-methyl/N-ethyl adjacent to an activating group) is 1. The van der Waals surface area contributed by atoms with Crippen LogP contribution >= 0.6 is 23.2 Å². The molecule has 2 aromatic carbocycles. The largest absolute Gasteiger partial charge is 0.399 e. The smallest absolute Gasteiger partial charge is 0.0468 e. The zero-order valence-corrected chi connectivity index (χ0v) is 12.7. The molecule has 2 nitrogen and oxygen atoms in total. The Hall–Kier alpha value is -1.22. The molecule has 0 aromatic heterocycles. The molecule has 0 saturated carbocycles. The number of nitrogen functional groups attached to an aromatic ring is 1. The molecule has 2 N–H and O–H groups in total. The van der Waals surface area contributed by atoms with E-state index in [1.165, 1.54) is 11.1 Å². The van der Waals surface area contributed by atoms with Gasteiger partial charge in [-0.2, -0.15) is 0 Å². The Balaban J connectivity index is 2.15. The number of anilines is 1. The predicted molar refractivity (Wildman–Crippen MR) is 85.5 cm³/mol. The Morgan fingerprint density at radius 1 is 1.20 bits per heavy atom. The van der Waals surface area contributed by atoms with Crippen molar-refractivity contribution in [2.24, 2.45) is 0 Å². The SMILES string of the molecule is CN1Cc2c(Cl)cc(Cl)cc2[C@H](c2cccc(N)c2)C1. The van der Waals surface area contributed by atoms with Crippen molar-refractivity contribution in [1.29, 1.82) is 0 Å². The third-order valence-electron chi connectivity index (χ3n) is 3.81. The monoisotopic (exact) mass is 306 g/mol. The molecule has 1 atom stereocenters. The molecule has 1 heterocycles. The van der Waals surface area contributed by atoms with Crippen LogP contribution in [0.3, 0.4) is 0 Å². The first-order chi connectivity index (χ1) is 9.54. The highest BCUT2D eigenvalue weighted by Gasteiger charge is 2.27. The molecule has 3 rings (SSSR count). The molecule has 0 unspecified atom stereocenters. The molecule has 0 amide bonds. The summed E-state index contributed by atoms with van der Waals surface area (Å²) in [6.45, 7) is 1.79. The van der Waals surface area contributed by atoms with Gasteiger partial charge in [0.1, 0.15) is 0 Å². The van der Waals surface area contributed by atoms with Gasteiger partial charge in [0, 0.05) is 34.7 Å². The lowest BCUT2D eigenvalue weighted by molar-refractivity contribution is 0.295. The van der Waals surface area contributed by atoms with Gasteiger partial charge in [-0.05, 0) is 48.0 Å². The molecule has 0 aliphatic carbocycles. The van der Waals surface area contributed by atoms with Crippen molar-refractivity contribution >= 4 is 28.9 Å². The molecule has 1 aliphatic heterocycles. The minimum atomic E-state index is 0.253. The number of hydrogen-bond acceptors (Lipinski definition) is 2. The van der Waals surface area contributed by atoms with E-state index >= 15 is 0 Å². The lowest BCUT2D eigenvalue weighted by Gasteiger charge is -2.33. The molecule has 0 radical (unpaired) electrons. The average molecular weight is 307 g/mol. The van der Waals surface area contributed by atoms with E-state index in [2.05, 4.69) is 18.0 Å². The van der Waals surface area contributed by atoms with Crippen molar-refractivity contribution < 1.29 is 0 Å². The average Bonchev–Trinajstić information content (AvgIpc) is 2.39. The predicted octanol–water partition coefficient (Wildman–Crippen LogP) is 4.15. The topological polar surface area (TPSA) is 29.3 Å². The van der Waals surface area contributed by atoms with E-state index in [1.54, 1.807) is 0 Å². The van der Waals surface area contributed by atoms with Crippen molar-refractivity contribution in [3.8, 4) is 0 Å². The fourth-order valence-electron chi connectivity index (χ4n) is 2.91. The van der Waals surface area contributed by atoms with Gasteiger partial charge in [0.15, 0.2) is 0 Å². The van der Waals surface area contributed by atoms with Crippen LogP contribution in [-0.2, 0) is 6.54 Å². The summed E-state index contributed by atoms with van der Waals surface area (Å²) >= 11 is 12.5. The second kappa shape index (κ2) is 5.28. The van der Waals surface area contributed by atoms with Crippen molar-refractivity contribution in [1.82, 2.24) is 4.90 Å². The van der Waals surface area contributed by atoms with Gasteiger partial charge in [0.25, 0.3) is 0 Å². The number of nitrogens with two attached hydrogens (primary N) is 1. The van der Waals surface area contributed by atoms with Crippen LogP contribution in [0.1, 0.15) is 22.6 Å². The normalized spacial score (nSPS) is 18.9. The molecule has 0 fully saturated rings. The van der Waals surface area contributed by atoms with Crippen molar-refractivity contribution in [3.05, 3.63) is 63.1 Å². The van der Waals surface area contributed by atoms with E-state index < -0.39 is 0 Å². The van der Waals surface area contributed by atoms with E-state index in [0.717, 1.165) is 29.4 Å². The van der Waals surface area contributed by atoms with Crippen LogP contribution in [0.5, 0.6) is 0 Å². The zero-order valence-electron chi connectivity index (χ0n) is 11.2. The minimum Gasteiger partial charge on any atom is -0.399 e. The van der Waals surface area contributed by atoms with Crippen LogP contribution in [0.15, 0.2) is 36.4 Å². The maximum atomic E-state index is 6.36. The quantitative estimate of drug-likeness (QED) is 0.802. The Morgan fingerprint density at radius 2 is 2.00 bits per heavy atom. The second-order valence-electron chi connectivity index (χ2n) is 5.37. The number of benzene rings is 2. The first kappa shape index (κ1) is 13.7. The third-order valence-corrected chi connectivity index (χ3v) is 4.36. The standard InChI is InChI=1S/C16H16Cl2N2/c1-20-8-14(10-3-2-4-12(19)5-10)13-6-11(17)7-16(18)15(13)9-20/h2-7,14H,8-9,19H2,1H3/t14-/m0/s1. The highest BCUT2D eigenvalue weighted by molar-refractivity contribution is 6.35. The Labute approximate surface area is 129 Å².